The van der Waals surface area contributed by atoms with Crippen molar-refractivity contribution >= 4 is 0 Å². The van der Waals surface area contributed by atoms with Crippen LogP contribution in [0, 0.1) is 0 Å². The monoisotopic (exact) mass is 192 g/mol. The molecule has 0 spiro atoms. The fourth-order valence-electron chi connectivity index (χ4n) is 2.05. The van der Waals surface area contributed by atoms with E-state index in [1.807, 2.05) is 4.68 Å². The highest BCUT2D eigenvalue weighted by Crippen LogP contribution is 2.36. The molecule has 14 heavy (non-hydrogen) atoms. The quantitative estimate of drug-likeness (QED) is 0.765. The zero-order chi connectivity index (χ0) is 9.60. The molecule has 76 valence electrons. The molecule has 0 saturated heterocycles. The maximum absolute atomic E-state index is 6.02. The van der Waals surface area contributed by atoms with Gasteiger partial charge in [0, 0.05) is 24.9 Å². The van der Waals surface area contributed by atoms with E-state index >= 15 is 0 Å². The fraction of sp³-hybridized carbons (Fsp3) is 0.800. The van der Waals surface area contributed by atoms with Crippen molar-refractivity contribution in [2.24, 2.45) is 5.73 Å². The van der Waals surface area contributed by atoms with Crippen molar-refractivity contribution in [2.45, 2.75) is 50.6 Å². The number of nitrogens with two attached hydrogens (primary N) is 1. The molecule has 0 aromatic carbocycles. The first-order chi connectivity index (χ1) is 6.75. The van der Waals surface area contributed by atoms with Crippen LogP contribution in [0.4, 0.5) is 0 Å². The van der Waals surface area contributed by atoms with E-state index in [4.69, 9.17) is 5.73 Å². The lowest BCUT2D eigenvalue weighted by molar-refractivity contribution is 0.582. The van der Waals surface area contributed by atoms with Gasteiger partial charge in [0.05, 0.1) is 0 Å². The molecule has 1 aromatic heterocycles. The minimum absolute atomic E-state index is 0.135. The molecule has 1 fully saturated rings. The number of aryl methyl sites for hydroxylation is 3. The van der Waals surface area contributed by atoms with E-state index in [1.54, 1.807) is 0 Å². The van der Waals surface area contributed by atoms with Crippen LogP contribution in [0.15, 0.2) is 0 Å². The van der Waals surface area contributed by atoms with Crippen LogP contribution in [0.25, 0.3) is 0 Å². The lowest BCUT2D eigenvalue weighted by atomic mass is 10.1. The Morgan fingerprint density at radius 1 is 1.43 bits per heavy atom. The molecule has 0 bridgehead atoms. The number of rotatable bonds is 3. The summed E-state index contributed by atoms with van der Waals surface area (Å²) in [5.41, 5.74) is 6.16. The van der Waals surface area contributed by atoms with Crippen molar-refractivity contribution in [3.63, 3.8) is 0 Å². The molecule has 0 unspecified atom stereocenters. The Morgan fingerprint density at radius 3 is 3.00 bits per heavy atom. The summed E-state index contributed by atoms with van der Waals surface area (Å²) >= 11 is 0. The molecule has 3 rings (SSSR count). The second-order valence-corrected chi connectivity index (χ2v) is 4.63. The highest BCUT2D eigenvalue weighted by molar-refractivity contribution is 5.03. The molecule has 1 aliphatic carbocycles. The summed E-state index contributed by atoms with van der Waals surface area (Å²) < 4.78 is 2.05. The molecule has 1 saturated carbocycles. The van der Waals surface area contributed by atoms with Crippen molar-refractivity contribution in [1.29, 1.82) is 0 Å². The zero-order valence-electron chi connectivity index (χ0n) is 8.37. The minimum Gasteiger partial charge on any atom is -0.325 e. The van der Waals surface area contributed by atoms with Gasteiger partial charge in [-0.3, -0.25) is 0 Å². The van der Waals surface area contributed by atoms with Crippen molar-refractivity contribution in [3.05, 3.63) is 11.6 Å². The number of hydrogen-bond acceptors (Lipinski definition) is 3. The summed E-state index contributed by atoms with van der Waals surface area (Å²) in [6.07, 6.45) is 6.67. The van der Waals surface area contributed by atoms with Gasteiger partial charge in [-0.05, 0) is 25.7 Å². The maximum atomic E-state index is 6.02. The van der Waals surface area contributed by atoms with Crippen molar-refractivity contribution in [2.75, 3.05) is 0 Å². The Morgan fingerprint density at radius 2 is 2.29 bits per heavy atom. The van der Waals surface area contributed by atoms with Crippen LogP contribution < -0.4 is 5.73 Å². The van der Waals surface area contributed by atoms with Crippen LogP contribution in [0.5, 0.6) is 0 Å². The van der Waals surface area contributed by atoms with E-state index in [0.29, 0.717) is 0 Å². The van der Waals surface area contributed by atoms with Crippen LogP contribution in [0.3, 0.4) is 0 Å². The first-order valence-corrected chi connectivity index (χ1v) is 5.47. The topological polar surface area (TPSA) is 56.7 Å². The highest BCUT2D eigenvalue weighted by atomic mass is 15.4. The van der Waals surface area contributed by atoms with Gasteiger partial charge in [-0.2, -0.15) is 5.10 Å². The van der Waals surface area contributed by atoms with E-state index in [9.17, 15) is 0 Å². The van der Waals surface area contributed by atoms with E-state index in [-0.39, 0.29) is 5.54 Å². The Labute approximate surface area is 83.5 Å². The van der Waals surface area contributed by atoms with E-state index in [1.165, 1.54) is 25.1 Å². The lowest BCUT2D eigenvalue weighted by Crippen LogP contribution is -2.22. The summed E-state index contributed by atoms with van der Waals surface area (Å²) in [7, 11) is 0. The second-order valence-electron chi connectivity index (χ2n) is 4.63. The van der Waals surface area contributed by atoms with Crippen molar-refractivity contribution in [3.8, 4) is 0 Å². The van der Waals surface area contributed by atoms with Gasteiger partial charge >= 0.3 is 0 Å². The standard InChI is InChI=1S/C10H16N4/c11-10(5-6-10)4-3-8-12-9-2-1-7-14(9)13-8/h1-7,11H2. The summed E-state index contributed by atoms with van der Waals surface area (Å²) in [5.74, 6) is 2.17. The number of aromatic nitrogens is 3. The lowest BCUT2D eigenvalue weighted by Gasteiger charge is -2.04. The van der Waals surface area contributed by atoms with Crippen molar-refractivity contribution in [1.82, 2.24) is 14.8 Å². The van der Waals surface area contributed by atoms with Gasteiger partial charge in [0.2, 0.25) is 0 Å². The van der Waals surface area contributed by atoms with Gasteiger partial charge in [-0.25, -0.2) is 9.67 Å². The number of nitrogens with zero attached hydrogens (tertiary/aromatic N) is 3. The average molecular weight is 192 g/mol. The van der Waals surface area contributed by atoms with E-state index < -0.39 is 0 Å². The first kappa shape index (κ1) is 8.41. The van der Waals surface area contributed by atoms with Crippen LogP contribution >= 0.6 is 0 Å². The largest absolute Gasteiger partial charge is 0.325 e. The zero-order valence-corrected chi connectivity index (χ0v) is 8.37. The Hall–Kier alpha value is -0.900. The average Bonchev–Trinajstić information content (AvgIpc) is 2.61. The van der Waals surface area contributed by atoms with Crippen LogP contribution in [0.2, 0.25) is 0 Å². The molecule has 2 N–H and O–H groups in total. The second kappa shape index (κ2) is 2.79. The molecular formula is C10H16N4. The van der Waals surface area contributed by atoms with Gasteiger partial charge in [0.1, 0.15) is 5.82 Å². The number of fused-ring (bicyclic) bond motifs is 1. The van der Waals surface area contributed by atoms with Gasteiger partial charge in [0.15, 0.2) is 5.82 Å². The third kappa shape index (κ3) is 1.43. The first-order valence-electron chi connectivity index (χ1n) is 5.47. The molecule has 0 amide bonds. The Balaban J connectivity index is 1.66. The van der Waals surface area contributed by atoms with Gasteiger partial charge in [-0.1, -0.05) is 0 Å². The summed E-state index contributed by atoms with van der Waals surface area (Å²) in [6, 6.07) is 0. The van der Waals surface area contributed by atoms with Crippen LogP contribution in [0.1, 0.15) is 37.3 Å². The normalized spacial score (nSPS) is 22.4. The summed E-state index contributed by atoms with van der Waals surface area (Å²) in [5, 5.41) is 4.47. The predicted molar refractivity (Wildman–Crippen MR) is 52.8 cm³/mol. The molecule has 0 atom stereocenters. The minimum atomic E-state index is 0.135. The van der Waals surface area contributed by atoms with Gasteiger partial charge in [-0.15, -0.1) is 0 Å². The summed E-state index contributed by atoms with van der Waals surface area (Å²) in [4.78, 5) is 4.52. The maximum Gasteiger partial charge on any atom is 0.151 e. The third-order valence-electron chi connectivity index (χ3n) is 3.30. The number of hydrogen-bond donors (Lipinski definition) is 1. The predicted octanol–water partition coefficient (Wildman–Crippen LogP) is 0.648. The fourth-order valence-corrected chi connectivity index (χ4v) is 2.05. The van der Waals surface area contributed by atoms with E-state index in [0.717, 1.165) is 31.6 Å². The van der Waals surface area contributed by atoms with Crippen LogP contribution in [-0.2, 0) is 19.4 Å². The Bertz CT molecular complexity index is 330. The molecule has 0 radical (unpaired) electrons. The molecule has 1 aliphatic heterocycles. The molecule has 4 nitrogen and oxygen atoms in total. The Kier molecular flexibility index (Phi) is 1.68. The van der Waals surface area contributed by atoms with Gasteiger partial charge < -0.3 is 5.73 Å². The third-order valence-corrected chi connectivity index (χ3v) is 3.30. The molecule has 4 heteroatoms. The highest BCUT2D eigenvalue weighted by Gasteiger charge is 2.37. The SMILES string of the molecule is NC1(CCc2nc3n(n2)CCC3)CC1. The molecule has 2 aliphatic rings. The van der Waals surface area contributed by atoms with Crippen molar-refractivity contribution < 1.29 is 0 Å². The molecular weight excluding hydrogens is 176 g/mol. The van der Waals surface area contributed by atoms with E-state index in [2.05, 4.69) is 10.1 Å². The smallest absolute Gasteiger partial charge is 0.151 e. The van der Waals surface area contributed by atoms with Gasteiger partial charge in [0.25, 0.3) is 0 Å². The van der Waals surface area contributed by atoms with Crippen LogP contribution in [-0.4, -0.2) is 20.3 Å². The molecule has 1 aromatic rings. The molecule has 2 heterocycles. The summed E-state index contributed by atoms with van der Waals surface area (Å²) in [6.45, 7) is 1.05.